The Morgan fingerprint density at radius 3 is 1.95 bits per heavy atom. The first kappa shape index (κ1) is 49.0. The van der Waals surface area contributed by atoms with Crippen LogP contribution >= 0.6 is 0 Å². The van der Waals surface area contributed by atoms with Gasteiger partial charge in [0, 0.05) is 48.1 Å². The molecule has 1 aliphatic rings. The van der Waals surface area contributed by atoms with E-state index < -0.39 is 32.6 Å². The zero-order valence-electron chi connectivity index (χ0n) is 39.3. The molecule has 0 saturated carbocycles. The van der Waals surface area contributed by atoms with Crippen LogP contribution < -0.4 is 27.4 Å². The molecule has 348 valence electrons. The van der Waals surface area contributed by atoms with Crippen molar-refractivity contribution in [2.45, 2.75) is 88.0 Å². The highest BCUT2D eigenvalue weighted by atomic mass is 32.2. The van der Waals surface area contributed by atoms with Crippen LogP contribution in [-0.4, -0.2) is 69.0 Å². The molecule has 0 saturated heterocycles. The van der Waals surface area contributed by atoms with Crippen LogP contribution in [0.15, 0.2) is 95.0 Å². The lowest BCUT2D eigenvalue weighted by Crippen LogP contribution is -2.34. The van der Waals surface area contributed by atoms with Gasteiger partial charge in [0.05, 0.1) is 23.3 Å². The summed E-state index contributed by atoms with van der Waals surface area (Å²) in [7, 11) is -3.27. The lowest BCUT2D eigenvalue weighted by atomic mass is 9.72. The van der Waals surface area contributed by atoms with E-state index in [1.54, 1.807) is 30.3 Å². The lowest BCUT2D eigenvalue weighted by Gasteiger charge is -2.33. The van der Waals surface area contributed by atoms with Crippen LogP contribution in [0.1, 0.15) is 91.2 Å². The maximum absolute atomic E-state index is 13.2. The van der Waals surface area contributed by atoms with Gasteiger partial charge in [0.25, 0.3) is 0 Å². The molecular weight excluding hydrogens is 883 g/mol. The number of anilines is 3. The molecule has 2 atom stereocenters. The maximum Gasteiger partial charge on any atom is 0.316 e. The van der Waals surface area contributed by atoms with Gasteiger partial charge in [0.2, 0.25) is 15.8 Å². The van der Waals surface area contributed by atoms with Crippen LogP contribution in [0.4, 0.5) is 22.7 Å². The number of fused-ring (bicyclic) bond motifs is 1. The first-order chi connectivity index (χ1) is 30.4. The molecule has 2 heterocycles. The summed E-state index contributed by atoms with van der Waals surface area (Å²) in [4.78, 5) is 13.4. The van der Waals surface area contributed by atoms with Crippen molar-refractivity contribution in [1.29, 1.82) is 0 Å². The third-order valence-corrected chi connectivity index (χ3v) is 12.7. The second-order valence-corrected chi connectivity index (χ2v) is 22.6. The van der Waals surface area contributed by atoms with Gasteiger partial charge >= 0.3 is 22.5 Å². The highest BCUT2D eigenvalue weighted by molar-refractivity contribution is 7.88. The highest BCUT2D eigenvalue weighted by Crippen LogP contribution is 2.38. The molecular formula is C47H61N9O6S3. The van der Waals surface area contributed by atoms with Gasteiger partial charge in [-0.05, 0) is 115 Å². The van der Waals surface area contributed by atoms with Gasteiger partial charge in [-0.25, -0.2) is 23.1 Å². The summed E-state index contributed by atoms with van der Waals surface area (Å²) >= 11 is -3.90. The molecule has 0 spiro atoms. The van der Waals surface area contributed by atoms with Crippen molar-refractivity contribution < 1.29 is 25.2 Å². The number of sulfonamides is 1. The fourth-order valence-electron chi connectivity index (χ4n) is 7.58. The molecule has 0 amide bonds. The molecule has 1 aliphatic heterocycles. The number of hydrogen-bond donors (Lipinski definition) is 3. The molecule has 5 aromatic rings. The largest absolute Gasteiger partial charge is 0.385 e. The molecule has 15 nitrogen and oxygen atoms in total. The van der Waals surface area contributed by atoms with Crippen molar-refractivity contribution in [3.63, 3.8) is 0 Å². The fourth-order valence-corrected chi connectivity index (χ4v) is 9.46. The number of likely N-dealkylation sites (N-methyl/N-ethyl adjacent to an activating group) is 1. The Kier molecular flexibility index (Phi) is 14.8. The summed E-state index contributed by atoms with van der Waals surface area (Å²) < 4.78 is 69.5. The van der Waals surface area contributed by atoms with Gasteiger partial charge in [0.15, 0.2) is 5.82 Å². The van der Waals surface area contributed by atoms with Gasteiger partial charge in [-0.15, -0.1) is 9.89 Å². The van der Waals surface area contributed by atoms with Crippen molar-refractivity contribution in [3.8, 4) is 22.9 Å². The number of aryl methyl sites for hydroxylation is 2. The molecule has 65 heavy (non-hydrogen) atoms. The molecule has 0 aliphatic carbocycles. The van der Waals surface area contributed by atoms with Crippen molar-refractivity contribution in [2.24, 2.45) is 20.9 Å². The summed E-state index contributed by atoms with van der Waals surface area (Å²) in [6.07, 6.45) is 2.11. The van der Waals surface area contributed by atoms with E-state index in [0.29, 0.717) is 71.1 Å². The zero-order valence-corrected chi connectivity index (χ0v) is 41.7. The monoisotopic (exact) mass is 943 g/mol. The third kappa shape index (κ3) is 13.1. The lowest BCUT2D eigenvalue weighted by molar-refractivity contribution is 0.284. The van der Waals surface area contributed by atoms with E-state index in [-0.39, 0.29) is 16.2 Å². The second-order valence-electron chi connectivity index (χ2n) is 19.1. The number of benzene rings is 4. The van der Waals surface area contributed by atoms with Crippen LogP contribution in [-0.2, 0) is 38.0 Å². The molecule has 3 N–H and O–H groups in total. The van der Waals surface area contributed by atoms with Crippen LogP contribution in [0, 0.1) is 24.7 Å². The molecule has 0 fully saturated rings. The molecule has 1 aromatic heterocycles. The number of hydrogen-bond acceptors (Lipinski definition) is 11. The van der Waals surface area contributed by atoms with Gasteiger partial charge in [0.1, 0.15) is 17.2 Å². The minimum absolute atomic E-state index is 0.112. The van der Waals surface area contributed by atoms with Gasteiger partial charge in [-0.1, -0.05) is 73.6 Å². The van der Waals surface area contributed by atoms with Crippen LogP contribution in [0.2, 0.25) is 0 Å². The van der Waals surface area contributed by atoms with Crippen LogP contribution in [0.3, 0.4) is 0 Å². The predicted octanol–water partition coefficient (Wildman–Crippen LogP) is 9.18. The zero-order chi connectivity index (χ0) is 47.5. The highest BCUT2D eigenvalue weighted by Gasteiger charge is 2.35. The van der Waals surface area contributed by atoms with E-state index in [9.17, 15) is 16.8 Å². The van der Waals surface area contributed by atoms with Gasteiger partial charge in [-0.3, -0.25) is 9.44 Å². The van der Waals surface area contributed by atoms with Crippen molar-refractivity contribution >= 4 is 66.7 Å². The number of nitrogens with one attached hydrogen (secondary N) is 3. The van der Waals surface area contributed by atoms with E-state index in [2.05, 4.69) is 85.6 Å². The summed E-state index contributed by atoms with van der Waals surface area (Å²) in [6.45, 7) is 24.5. The minimum atomic E-state index is -3.27. The standard InChI is InChI=1S/C47H61N9O6S3/c1-13-55(27-26-48-65(12,59)60)38-24-22-35(23-25-38)49-41-42(46(7,8)9)51-56-44(41)50-43(52-56)33-16-20-36(21-17-33)53-63(57)62-40-29-37(19-15-32(40)3)54-64(58)61-39-28-34(18-14-31(39)2)47(10,11)30-45(4,5)6/h14-25,28-29,48,53-54H,13,26-27,30H2,1-12H3. The molecule has 2 unspecified atom stereocenters. The summed E-state index contributed by atoms with van der Waals surface area (Å²) in [5.41, 5.74) is 7.10. The minimum Gasteiger partial charge on any atom is -0.385 e. The average Bonchev–Trinajstić information content (AvgIpc) is 3.77. The SMILES string of the molecule is CCN(CCNS(C)(=O)=O)c1ccc(N=C2C(C(C)(C)C)=Nn3nc(-c4ccc(NS(=O)Oc5cc(NS(=O)Oc6cc(C(C)(C)CC(C)(C)C)ccc6C)ccc5C)cc4)nc32)cc1. The van der Waals surface area contributed by atoms with Crippen LogP contribution in [0.25, 0.3) is 11.4 Å². The van der Waals surface area contributed by atoms with E-state index in [4.69, 9.17) is 23.4 Å². The second kappa shape index (κ2) is 19.6. The van der Waals surface area contributed by atoms with E-state index >= 15 is 0 Å². The van der Waals surface area contributed by atoms with E-state index in [0.717, 1.165) is 40.8 Å². The van der Waals surface area contributed by atoms with E-state index in [1.165, 1.54) is 4.79 Å². The van der Waals surface area contributed by atoms with Crippen molar-refractivity contribution in [1.82, 2.24) is 19.6 Å². The molecule has 18 heteroatoms. The Morgan fingerprint density at radius 1 is 0.785 bits per heavy atom. The van der Waals surface area contributed by atoms with Crippen LogP contribution in [0.5, 0.6) is 11.5 Å². The topological polar surface area (TPSA) is 182 Å². The first-order valence-electron chi connectivity index (χ1n) is 21.4. The fraction of sp³-hybridized carbons (Fsp3) is 0.404. The quantitative estimate of drug-likeness (QED) is 0.0772. The van der Waals surface area contributed by atoms with Crippen molar-refractivity contribution in [2.75, 3.05) is 40.2 Å². The smallest absolute Gasteiger partial charge is 0.316 e. The normalized spacial score (nSPS) is 14.7. The van der Waals surface area contributed by atoms with Crippen molar-refractivity contribution in [3.05, 3.63) is 107 Å². The number of aromatic nitrogens is 3. The Bertz CT molecular complexity index is 2740. The summed E-state index contributed by atoms with van der Waals surface area (Å²) in [6, 6.07) is 26.1. The Labute approximate surface area is 389 Å². The third-order valence-electron chi connectivity index (χ3n) is 10.5. The van der Waals surface area contributed by atoms with E-state index in [1.807, 2.05) is 69.3 Å². The summed E-state index contributed by atoms with van der Waals surface area (Å²) in [5, 5.41) is 9.48. The first-order valence-corrected chi connectivity index (χ1v) is 25.4. The van der Waals surface area contributed by atoms with Gasteiger partial charge in [-0.2, -0.15) is 13.5 Å². The number of rotatable bonds is 18. The predicted molar refractivity (Wildman–Crippen MR) is 265 cm³/mol. The Balaban J connectivity index is 1.10. The molecule has 0 bridgehead atoms. The molecule has 4 aromatic carbocycles. The Hall–Kier alpha value is -5.43. The number of aliphatic imine (C=N–C) groups is 1. The summed E-state index contributed by atoms with van der Waals surface area (Å²) in [5.74, 6) is 1.82. The average molecular weight is 944 g/mol. The Morgan fingerprint density at radius 2 is 1.37 bits per heavy atom. The number of nitrogens with zero attached hydrogens (tertiary/aromatic N) is 6. The maximum atomic E-state index is 13.2. The molecule has 6 rings (SSSR count). The van der Waals surface area contributed by atoms with Gasteiger partial charge < -0.3 is 13.3 Å². The molecule has 0 radical (unpaired) electrons.